The molecule has 0 bridgehead atoms. The van der Waals surface area contributed by atoms with E-state index in [0.29, 0.717) is 0 Å². The van der Waals surface area contributed by atoms with Crippen LogP contribution in [-0.2, 0) is 11.8 Å². The van der Waals surface area contributed by atoms with Crippen LogP contribution < -0.4 is 5.73 Å². The highest BCUT2D eigenvalue weighted by atomic mass is 16.5. The summed E-state index contributed by atoms with van der Waals surface area (Å²) in [5.74, 6) is 0. The zero-order valence-electron chi connectivity index (χ0n) is 9.29. The minimum absolute atomic E-state index is 0.0255. The fraction of sp³-hybridized carbons (Fsp3) is 0.727. The van der Waals surface area contributed by atoms with Gasteiger partial charge in [-0.1, -0.05) is 32.9 Å². The van der Waals surface area contributed by atoms with E-state index in [9.17, 15) is 0 Å². The highest BCUT2D eigenvalue weighted by molar-refractivity contribution is 5.37. The summed E-state index contributed by atoms with van der Waals surface area (Å²) in [6.45, 7) is 8.86. The molecular weight excluding hydrogens is 176 g/mol. The topological polar surface area (TPSA) is 52.0 Å². The van der Waals surface area contributed by atoms with Crippen molar-refractivity contribution in [3.63, 3.8) is 0 Å². The molecule has 1 unspecified atom stereocenters. The van der Waals surface area contributed by atoms with Crippen LogP contribution in [0.1, 0.15) is 39.0 Å². The van der Waals surface area contributed by atoms with Crippen molar-refractivity contribution in [3.05, 3.63) is 17.5 Å². The van der Waals surface area contributed by atoms with Crippen molar-refractivity contribution >= 4 is 0 Å². The van der Waals surface area contributed by atoms with Crippen molar-refractivity contribution in [1.82, 2.24) is 5.16 Å². The molecule has 0 aromatic carbocycles. The van der Waals surface area contributed by atoms with E-state index >= 15 is 0 Å². The molecule has 0 saturated heterocycles. The maximum absolute atomic E-state index is 6.21. The van der Waals surface area contributed by atoms with E-state index < -0.39 is 0 Å². The molecule has 1 aliphatic rings. The molecule has 2 atom stereocenters. The van der Waals surface area contributed by atoms with Crippen molar-refractivity contribution in [3.8, 4) is 0 Å². The van der Waals surface area contributed by atoms with Crippen LogP contribution in [0.2, 0.25) is 0 Å². The van der Waals surface area contributed by atoms with Gasteiger partial charge in [0.2, 0.25) is 0 Å². The number of hydrogen-bond donors (Lipinski definition) is 1. The third kappa shape index (κ3) is 0.989. The fourth-order valence-electron chi connectivity index (χ4n) is 2.40. The van der Waals surface area contributed by atoms with Crippen LogP contribution >= 0.6 is 0 Å². The molecule has 0 amide bonds. The van der Waals surface area contributed by atoms with Crippen LogP contribution in [0.25, 0.3) is 0 Å². The van der Waals surface area contributed by atoms with Crippen LogP contribution in [0.4, 0.5) is 0 Å². The maximum atomic E-state index is 6.21. The lowest BCUT2D eigenvalue weighted by molar-refractivity contribution is 0.176. The van der Waals surface area contributed by atoms with Gasteiger partial charge in [-0.05, 0) is 5.41 Å². The Labute approximate surface area is 84.7 Å². The molecule has 2 rings (SSSR count). The molecule has 0 aliphatic heterocycles. The summed E-state index contributed by atoms with van der Waals surface area (Å²) in [7, 11) is 0. The van der Waals surface area contributed by atoms with Crippen molar-refractivity contribution in [2.45, 2.75) is 45.6 Å². The quantitative estimate of drug-likeness (QED) is 0.686. The molecule has 1 aromatic heterocycles. The molecule has 1 aliphatic carbocycles. The van der Waals surface area contributed by atoms with E-state index in [1.807, 2.05) is 0 Å². The molecule has 0 radical (unpaired) electrons. The van der Waals surface area contributed by atoms with E-state index in [1.165, 1.54) is 5.56 Å². The first kappa shape index (κ1) is 9.71. The second-order valence-electron chi connectivity index (χ2n) is 5.44. The number of aromatic nitrogens is 1. The minimum Gasteiger partial charge on any atom is -0.364 e. The van der Waals surface area contributed by atoms with Gasteiger partial charge in [-0.3, -0.25) is 0 Å². The highest BCUT2D eigenvalue weighted by Gasteiger charge is 2.50. The summed E-state index contributed by atoms with van der Waals surface area (Å²) in [4.78, 5) is 0. The first-order valence-corrected chi connectivity index (χ1v) is 5.06. The molecule has 14 heavy (non-hydrogen) atoms. The molecule has 3 nitrogen and oxygen atoms in total. The Morgan fingerprint density at radius 3 is 2.79 bits per heavy atom. The normalized spacial score (nSPS) is 31.9. The van der Waals surface area contributed by atoms with E-state index in [1.54, 1.807) is 6.26 Å². The van der Waals surface area contributed by atoms with Gasteiger partial charge in [-0.25, -0.2) is 0 Å². The molecule has 3 heteroatoms. The average molecular weight is 194 g/mol. The second-order valence-corrected chi connectivity index (χ2v) is 5.44. The zero-order valence-corrected chi connectivity index (χ0v) is 9.29. The van der Waals surface area contributed by atoms with Gasteiger partial charge >= 0.3 is 0 Å². The van der Waals surface area contributed by atoms with E-state index in [-0.39, 0.29) is 16.9 Å². The molecule has 1 heterocycles. The number of rotatable bonds is 0. The van der Waals surface area contributed by atoms with Gasteiger partial charge in [0, 0.05) is 23.4 Å². The first-order valence-electron chi connectivity index (χ1n) is 5.06. The van der Waals surface area contributed by atoms with E-state index in [2.05, 4.69) is 32.9 Å². The fourth-order valence-corrected chi connectivity index (χ4v) is 2.40. The summed E-state index contributed by atoms with van der Waals surface area (Å²) < 4.78 is 5.02. The van der Waals surface area contributed by atoms with Crippen molar-refractivity contribution in [1.29, 1.82) is 0 Å². The van der Waals surface area contributed by atoms with Gasteiger partial charge in [-0.15, -0.1) is 0 Å². The summed E-state index contributed by atoms with van der Waals surface area (Å²) in [6.07, 6.45) is 2.59. The van der Waals surface area contributed by atoms with Crippen LogP contribution in [0, 0.1) is 5.41 Å². The van der Waals surface area contributed by atoms with Gasteiger partial charge in [0.15, 0.2) is 0 Å². The SMILES string of the molecule is CC(C)(C)C1(C)c2conc2C[C@H]1N. The molecule has 2 N–H and O–H groups in total. The number of nitrogens with two attached hydrogens (primary N) is 1. The summed E-state index contributed by atoms with van der Waals surface area (Å²) >= 11 is 0. The molecule has 0 saturated carbocycles. The van der Waals surface area contributed by atoms with Crippen molar-refractivity contribution < 1.29 is 4.52 Å². The monoisotopic (exact) mass is 194 g/mol. The van der Waals surface area contributed by atoms with E-state index in [4.69, 9.17) is 10.3 Å². The number of nitrogens with zero attached hydrogens (tertiary/aromatic N) is 1. The standard InChI is InChI=1S/C11H18N2O/c1-10(2,3)11(4)7-6-14-13-8(7)5-9(11)12/h6,9H,5,12H2,1-4H3/t9-,11?/m1/s1. The Balaban J connectivity index is 2.55. The maximum Gasteiger partial charge on any atom is 0.127 e. The number of fused-ring (bicyclic) bond motifs is 1. The molecule has 78 valence electrons. The summed E-state index contributed by atoms with van der Waals surface area (Å²) in [5, 5.41) is 4.00. The Morgan fingerprint density at radius 2 is 2.21 bits per heavy atom. The lowest BCUT2D eigenvalue weighted by atomic mass is 9.63. The third-order valence-electron chi connectivity index (χ3n) is 3.92. The Kier molecular flexibility index (Phi) is 1.80. The van der Waals surface area contributed by atoms with Gasteiger partial charge in [0.05, 0.1) is 5.69 Å². The van der Waals surface area contributed by atoms with Gasteiger partial charge in [-0.2, -0.15) is 0 Å². The molecule has 0 spiro atoms. The Hall–Kier alpha value is -0.830. The predicted octanol–water partition coefficient (Wildman–Crippen LogP) is 1.86. The van der Waals surface area contributed by atoms with Crippen molar-refractivity contribution in [2.75, 3.05) is 0 Å². The molecular formula is C11H18N2O. The smallest absolute Gasteiger partial charge is 0.127 e. The summed E-state index contributed by atoms with van der Waals surface area (Å²) in [5.41, 5.74) is 8.54. The number of hydrogen-bond acceptors (Lipinski definition) is 3. The lowest BCUT2D eigenvalue weighted by Gasteiger charge is -2.42. The van der Waals surface area contributed by atoms with Gasteiger partial charge in [0.25, 0.3) is 0 Å². The average Bonchev–Trinajstić information content (AvgIpc) is 2.55. The van der Waals surface area contributed by atoms with Crippen LogP contribution in [-0.4, -0.2) is 11.2 Å². The van der Waals surface area contributed by atoms with Crippen LogP contribution in [0.5, 0.6) is 0 Å². The van der Waals surface area contributed by atoms with E-state index in [0.717, 1.165) is 12.1 Å². The zero-order chi connectivity index (χ0) is 10.6. The summed E-state index contributed by atoms with van der Waals surface area (Å²) in [6, 6.07) is 0.149. The lowest BCUT2D eigenvalue weighted by Crippen LogP contribution is -2.49. The van der Waals surface area contributed by atoms with Gasteiger partial charge < -0.3 is 10.3 Å². The molecule has 0 fully saturated rings. The first-order chi connectivity index (χ1) is 6.37. The minimum atomic E-state index is -0.0255. The van der Waals surface area contributed by atoms with Crippen LogP contribution in [0.3, 0.4) is 0 Å². The van der Waals surface area contributed by atoms with Gasteiger partial charge in [0.1, 0.15) is 6.26 Å². The Morgan fingerprint density at radius 1 is 1.57 bits per heavy atom. The molecule has 1 aromatic rings. The largest absolute Gasteiger partial charge is 0.364 e. The van der Waals surface area contributed by atoms with Crippen LogP contribution in [0.15, 0.2) is 10.8 Å². The third-order valence-corrected chi connectivity index (χ3v) is 3.92. The van der Waals surface area contributed by atoms with Crippen molar-refractivity contribution in [2.24, 2.45) is 11.1 Å². The highest BCUT2D eigenvalue weighted by Crippen LogP contribution is 2.49. The Bertz CT molecular complexity index is 350. The predicted molar refractivity (Wildman–Crippen MR) is 55.0 cm³/mol. The second kappa shape index (κ2) is 2.60.